The second-order valence-corrected chi connectivity index (χ2v) is 6.22. The van der Waals surface area contributed by atoms with Gasteiger partial charge in [-0.25, -0.2) is 19.5 Å². The molecule has 0 aliphatic rings. The van der Waals surface area contributed by atoms with E-state index in [1.807, 2.05) is 0 Å². The fraction of sp³-hybridized carbons (Fsp3) is 0.769. The van der Waals surface area contributed by atoms with Crippen LogP contribution in [0.5, 0.6) is 0 Å². The minimum absolute atomic E-state index is 0.299. The van der Waals surface area contributed by atoms with Crippen molar-refractivity contribution in [1.82, 2.24) is 0 Å². The van der Waals surface area contributed by atoms with Gasteiger partial charge in [0.25, 0.3) is 0 Å². The van der Waals surface area contributed by atoms with Crippen molar-refractivity contribution in [2.75, 3.05) is 34.5 Å². The number of carbonyl (C=O) groups excluding carboxylic acids is 1. The van der Waals surface area contributed by atoms with Gasteiger partial charge in [-0.05, 0) is 26.2 Å². The highest BCUT2D eigenvalue weighted by Crippen LogP contribution is 2.14. The number of esters is 1. The monoisotopic (exact) mass is 354 g/mol. The maximum Gasteiger partial charge on any atom is 0.764 e. The molecule has 0 atom stereocenters. The van der Waals surface area contributed by atoms with Crippen molar-refractivity contribution in [3.8, 4) is 0 Å². The Balaban J connectivity index is 3.85. The summed E-state index contributed by atoms with van der Waals surface area (Å²) in [4.78, 5) is 24.8. The first-order valence-corrected chi connectivity index (χ1v) is 8.76. The van der Waals surface area contributed by atoms with Crippen LogP contribution in [0.2, 0.25) is 0 Å². The lowest BCUT2D eigenvalue weighted by atomic mass is 10.2. The normalized spacial score (nSPS) is 11.5. The first-order chi connectivity index (χ1) is 11.0. The molecule has 9 nitrogen and oxygen atoms in total. The molecule has 0 saturated heterocycles. The minimum Gasteiger partial charge on any atom is -0.462 e. The van der Waals surface area contributed by atoms with Crippen LogP contribution in [-0.2, 0) is 42.4 Å². The van der Waals surface area contributed by atoms with E-state index in [0.717, 1.165) is 25.7 Å². The molecular formula is C13H26O9Si. The molecule has 0 aromatic carbocycles. The van der Waals surface area contributed by atoms with Gasteiger partial charge in [0.15, 0.2) is 0 Å². The van der Waals surface area contributed by atoms with Gasteiger partial charge >= 0.3 is 15.0 Å². The predicted molar refractivity (Wildman–Crippen MR) is 80.2 cm³/mol. The highest BCUT2D eigenvalue weighted by molar-refractivity contribution is 6.52. The Hall–Kier alpha value is -0.853. The highest BCUT2D eigenvalue weighted by atomic mass is 28.4. The summed E-state index contributed by atoms with van der Waals surface area (Å²) in [5.41, 5.74) is 0.397. The molecule has 0 fully saturated rings. The summed E-state index contributed by atoms with van der Waals surface area (Å²) in [6, 6.07) is 0. The maximum atomic E-state index is 11.2. The van der Waals surface area contributed by atoms with E-state index in [2.05, 4.69) is 21.2 Å². The molecule has 23 heavy (non-hydrogen) atoms. The Kier molecular flexibility index (Phi) is 13.1. The van der Waals surface area contributed by atoms with Gasteiger partial charge in [-0.2, -0.15) is 13.7 Å². The van der Waals surface area contributed by atoms with Crippen LogP contribution in [0, 0.1) is 0 Å². The lowest BCUT2D eigenvalue weighted by Gasteiger charge is -2.22. The molecule has 0 aromatic heterocycles. The minimum atomic E-state index is -3.64. The number of carbonyl (C=O) groups is 1. The van der Waals surface area contributed by atoms with E-state index in [1.165, 1.54) is 21.3 Å². The van der Waals surface area contributed by atoms with Crippen molar-refractivity contribution >= 4 is 15.0 Å². The van der Waals surface area contributed by atoms with Crippen LogP contribution in [0.3, 0.4) is 0 Å². The Morgan fingerprint density at radius 2 is 1.35 bits per heavy atom. The Morgan fingerprint density at radius 3 is 1.78 bits per heavy atom. The predicted octanol–water partition coefficient (Wildman–Crippen LogP) is 1.85. The van der Waals surface area contributed by atoms with Gasteiger partial charge in [0, 0.05) is 12.2 Å². The van der Waals surface area contributed by atoms with Gasteiger partial charge in [-0.1, -0.05) is 13.0 Å². The second kappa shape index (κ2) is 13.6. The van der Waals surface area contributed by atoms with Crippen molar-refractivity contribution in [3.05, 3.63) is 12.2 Å². The van der Waals surface area contributed by atoms with Gasteiger partial charge in [0.2, 0.25) is 0 Å². The molecule has 0 aromatic rings. The molecule has 10 heteroatoms. The summed E-state index contributed by atoms with van der Waals surface area (Å²) in [7, 11) is 0.217. The molecule has 0 unspecified atom stereocenters. The molecule has 0 saturated carbocycles. The molecule has 0 radical (unpaired) electrons. The van der Waals surface area contributed by atoms with E-state index < -0.39 is 9.05 Å². The van der Waals surface area contributed by atoms with E-state index in [0.29, 0.717) is 18.8 Å². The molecule has 136 valence electrons. The highest BCUT2D eigenvalue weighted by Gasteiger charge is 2.51. The topological polar surface area (TPSA) is 90.9 Å². The zero-order chi connectivity index (χ0) is 17.6. The number of ether oxygens (including phenoxy) is 1. The largest absolute Gasteiger partial charge is 0.764 e. The lowest BCUT2D eigenvalue weighted by molar-refractivity contribution is -0.370. The SMILES string of the molecule is C=C(C)C(=O)OCCCCCCO[Si](OOC)(OOC)OOC. The van der Waals surface area contributed by atoms with Gasteiger partial charge < -0.3 is 9.16 Å². The molecule has 0 aliphatic carbocycles. The van der Waals surface area contributed by atoms with Gasteiger partial charge in [-0.3, -0.25) is 0 Å². The second-order valence-electron chi connectivity index (χ2n) is 4.43. The van der Waals surface area contributed by atoms with E-state index in [1.54, 1.807) is 6.92 Å². The fourth-order valence-corrected chi connectivity index (χ4v) is 2.70. The average Bonchev–Trinajstić information content (AvgIpc) is 2.50. The van der Waals surface area contributed by atoms with Crippen molar-refractivity contribution in [2.24, 2.45) is 0 Å². The van der Waals surface area contributed by atoms with Crippen LogP contribution in [0.15, 0.2) is 12.2 Å². The Labute approximate surface area is 137 Å². The summed E-state index contributed by atoms with van der Waals surface area (Å²) in [6.07, 6.45) is 3.22. The third-order valence-corrected chi connectivity index (χ3v) is 4.13. The van der Waals surface area contributed by atoms with Crippen LogP contribution in [0.4, 0.5) is 0 Å². The average molecular weight is 354 g/mol. The third kappa shape index (κ3) is 10.5. The van der Waals surface area contributed by atoms with E-state index in [-0.39, 0.29) is 5.97 Å². The Morgan fingerprint density at radius 1 is 0.870 bits per heavy atom. The van der Waals surface area contributed by atoms with Crippen molar-refractivity contribution in [2.45, 2.75) is 32.6 Å². The van der Waals surface area contributed by atoms with Crippen LogP contribution in [0.1, 0.15) is 32.6 Å². The van der Waals surface area contributed by atoms with Crippen LogP contribution >= 0.6 is 0 Å². The van der Waals surface area contributed by atoms with Crippen LogP contribution in [-0.4, -0.2) is 49.6 Å². The summed E-state index contributed by atoms with van der Waals surface area (Å²) >= 11 is 0. The molecule has 0 N–H and O–H groups in total. The Bertz CT molecular complexity index is 320. The van der Waals surface area contributed by atoms with E-state index >= 15 is 0 Å². The molecule has 0 rings (SSSR count). The number of rotatable bonds is 15. The molecule has 0 amide bonds. The van der Waals surface area contributed by atoms with Gasteiger partial charge in [-0.15, -0.1) is 0 Å². The zero-order valence-electron chi connectivity index (χ0n) is 14.1. The fourth-order valence-electron chi connectivity index (χ4n) is 1.46. The summed E-state index contributed by atoms with van der Waals surface area (Å²) in [5.74, 6) is -0.366. The molecule has 0 heterocycles. The molecule has 0 aliphatic heterocycles. The molecular weight excluding hydrogens is 328 g/mol. The molecule has 0 spiro atoms. The third-order valence-electron chi connectivity index (χ3n) is 2.46. The summed E-state index contributed by atoms with van der Waals surface area (Å²) in [6.45, 7) is 5.79. The first kappa shape index (κ1) is 22.1. The van der Waals surface area contributed by atoms with Crippen LogP contribution in [0.25, 0.3) is 0 Å². The number of unbranched alkanes of at least 4 members (excludes halogenated alkanes) is 3. The van der Waals surface area contributed by atoms with Crippen molar-refractivity contribution < 1.29 is 42.4 Å². The van der Waals surface area contributed by atoms with Crippen molar-refractivity contribution in [3.63, 3.8) is 0 Å². The quantitative estimate of drug-likeness (QED) is 0.109. The summed E-state index contributed by atoms with van der Waals surface area (Å²) in [5, 5.41) is 0. The number of hydrogen-bond acceptors (Lipinski definition) is 9. The van der Waals surface area contributed by atoms with E-state index in [4.69, 9.17) is 22.9 Å². The zero-order valence-corrected chi connectivity index (χ0v) is 15.1. The number of hydrogen-bond donors (Lipinski definition) is 0. The maximum absolute atomic E-state index is 11.2. The first-order valence-electron chi connectivity index (χ1n) is 7.13. The summed E-state index contributed by atoms with van der Waals surface area (Å²) < 4.78 is 25.0. The van der Waals surface area contributed by atoms with Gasteiger partial charge in [0.05, 0.1) is 27.9 Å². The smallest absolute Gasteiger partial charge is 0.462 e. The van der Waals surface area contributed by atoms with Crippen LogP contribution < -0.4 is 0 Å². The van der Waals surface area contributed by atoms with Crippen molar-refractivity contribution in [1.29, 1.82) is 0 Å². The lowest BCUT2D eigenvalue weighted by Crippen LogP contribution is -2.48. The molecule has 0 bridgehead atoms. The van der Waals surface area contributed by atoms with E-state index in [9.17, 15) is 4.79 Å². The standard InChI is InChI=1S/C13H26O9Si/c1-12(2)13(14)18-10-8-6-7-9-11-19-23(20-15-3,21-16-4)22-17-5/h1,6-11H2,2-5H3. The van der Waals surface area contributed by atoms with Gasteiger partial charge in [0.1, 0.15) is 0 Å².